The summed E-state index contributed by atoms with van der Waals surface area (Å²) < 4.78 is 5.66. The fraction of sp³-hybridized carbons (Fsp3) is 0.214. The molecule has 4 heteroatoms. The molecule has 0 spiro atoms. The molecule has 0 radical (unpaired) electrons. The minimum atomic E-state index is 0.348. The molecule has 0 heterocycles. The summed E-state index contributed by atoms with van der Waals surface area (Å²) in [6.45, 7) is 4.34. The highest BCUT2D eigenvalue weighted by Gasteiger charge is 2.05. The average molecular weight is 245 g/mol. The van der Waals surface area contributed by atoms with E-state index in [1.54, 1.807) is 6.08 Å². The maximum absolute atomic E-state index is 5.66. The van der Waals surface area contributed by atoms with Gasteiger partial charge in [-0.3, -0.25) is 0 Å². The molecule has 0 aromatic heterocycles. The highest BCUT2D eigenvalue weighted by atomic mass is 16.5. The normalized spacial score (nSPS) is 12.1. The van der Waals surface area contributed by atoms with Crippen LogP contribution in [0.15, 0.2) is 54.0 Å². The molecule has 0 amide bonds. The second-order valence-electron chi connectivity index (χ2n) is 3.97. The quantitative estimate of drug-likeness (QED) is 0.617. The maximum Gasteiger partial charge on any atom is 0.234 e. The summed E-state index contributed by atoms with van der Waals surface area (Å²) >= 11 is 0. The topological polar surface area (TPSA) is 50.9 Å². The van der Waals surface area contributed by atoms with Crippen molar-refractivity contribution < 1.29 is 4.74 Å². The molecule has 0 aliphatic carbocycles. The molecule has 4 nitrogen and oxygen atoms in total. The average Bonchev–Trinajstić information content (AvgIpc) is 2.35. The molecule has 0 saturated heterocycles. The van der Waals surface area contributed by atoms with Crippen molar-refractivity contribution in [3.63, 3.8) is 0 Å². The van der Waals surface area contributed by atoms with E-state index in [1.165, 1.54) is 12.4 Å². The van der Waals surface area contributed by atoms with E-state index in [4.69, 9.17) is 10.5 Å². The predicted molar refractivity (Wildman–Crippen MR) is 75.4 cm³/mol. The van der Waals surface area contributed by atoms with E-state index in [0.29, 0.717) is 5.88 Å². The van der Waals surface area contributed by atoms with Gasteiger partial charge in [0.1, 0.15) is 5.75 Å². The van der Waals surface area contributed by atoms with Gasteiger partial charge in [0.05, 0.1) is 6.20 Å². The number of benzene rings is 1. The monoisotopic (exact) mass is 245 g/mol. The summed E-state index contributed by atoms with van der Waals surface area (Å²) in [5.41, 5.74) is 6.55. The van der Waals surface area contributed by atoms with Gasteiger partial charge in [0.15, 0.2) is 0 Å². The van der Waals surface area contributed by atoms with E-state index in [9.17, 15) is 0 Å². The van der Waals surface area contributed by atoms with Gasteiger partial charge in [0.2, 0.25) is 5.88 Å². The first kappa shape index (κ1) is 14.0. The number of nitrogens with two attached hydrogens (primary N) is 1. The Bertz CT molecular complexity index is 450. The lowest BCUT2D eigenvalue weighted by molar-refractivity contribution is 0.374. The van der Waals surface area contributed by atoms with Gasteiger partial charge in [-0.25, -0.2) is 4.99 Å². The van der Waals surface area contributed by atoms with E-state index < -0.39 is 0 Å². The van der Waals surface area contributed by atoms with Crippen LogP contribution in [0.5, 0.6) is 5.75 Å². The molecule has 0 aliphatic heterocycles. The van der Waals surface area contributed by atoms with Crippen LogP contribution in [0.25, 0.3) is 0 Å². The van der Waals surface area contributed by atoms with Gasteiger partial charge in [0.25, 0.3) is 0 Å². The van der Waals surface area contributed by atoms with Crippen LogP contribution >= 0.6 is 0 Å². The molecule has 1 aromatic carbocycles. The smallest absolute Gasteiger partial charge is 0.234 e. The van der Waals surface area contributed by atoms with E-state index >= 15 is 0 Å². The van der Waals surface area contributed by atoms with Crippen LogP contribution < -0.4 is 10.5 Å². The molecule has 0 saturated carbocycles. The molecule has 0 fully saturated rings. The van der Waals surface area contributed by atoms with Crippen LogP contribution in [-0.4, -0.2) is 25.2 Å². The van der Waals surface area contributed by atoms with Gasteiger partial charge in [-0.1, -0.05) is 30.9 Å². The first-order valence-corrected chi connectivity index (χ1v) is 5.65. The van der Waals surface area contributed by atoms with Crippen molar-refractivity contribution >= 4 is 6.21 Å². The minimum absolute atomic E-state index is 0.348. The molecule has 1 aromatic rings. The number of aliphatic imine (C=N–C) groups is 1. The summed E-state index contributed by atoms with van der Waals surface area (Å²) in [6, 6.07) is 7.80. The largest absolute Gasteiger partial charge is 0.437 e. The molecule has 1 rings (SSSR count). The predicted octanol–water partition coefficient (Wildman–Crippen LogP) is 2.14. The Morgan fingerprint density at radius 2 is 2.17 bits per heavy atom. The van der Waals surface area contributed by atoms with Crippen LogP contribution in [0.3, 0.4) is 0 Å². The summed E-state index contributed by atoms with van der Waals surface area (Å²) in [4.78, 5) is 6.10. The highest BCUT2D eigenvalue weighted by molar-refractivity contribution is 5.71. The number of hydrogen-bond donors (Lipinski definition) is 1. The standard InChI is InChI=1S/C14H19N3O/c1-4-9-16-14(10-15)18-13-8-6-5-7-12(13)11-17(2)3/h4-10H,1,11,15H2,2-3H3/b14-10+,16-9?. The highest BCUT2D eigenvalue weighted by Crippen LogP contribution is 2.21. The van der Waals surface area contributed by atoms with Gasteiger partial charge < -0.3 is 15.4 Å². The second kappa shape index (κ2) is 7.29. The first-order chi connectivity index (χ1) is 8.67. The number of nitrogens with zero attached hydrogens (tertiary/aromatic N) is 2. The third-order valence-corrected chi connectivity index (χ3v) is 2.12. The van der Waals surface area contributed by atoms with Crippen molar-refractivity contribution in [2.24, 2.45) is 10.7 Å². The van der Waals surface area contributed by atoms with Crippen molar-refractivity contribution in [3.8, 4) is 5.75 Å². The van der Waals surface area contributed by atoms with Crippen molar-refractivity contribution in [1.29, 1.82) is 0 Å². The third kappa shape index (κ3) is 4.43. The molecule has 0 bridgehead atoms. The molecule has 2 N–H and O–H groups in total. The zero-order chi connectivity index (χ0) is 13.4. The Hall–Kier alpha value is -2.07. The SMILES string of the molecule is C=CC=N/C(=C\N)Oc1ccccc1CN(C)C. The fourth-order valence-corrected chi connectivity index (χ4v) is 1.42. The van der Waals surface area contributed by atoms with Crippen LogP contribution in [0.1, 0.15) is 5.56 Å². The number of rotatable bonds is 6. The lowest BCUT2D eigenvalue weighted by atomic mass is 10.2. The molecule has 0 unspecified atom stereocenters. The van der Waals surface area contributed by atoms with Gasteiger partial charge in [0, 0.05) is 18.3 Å². The van der Waals surface area contributed by atoms with Crippen LogP contribution in [0.2, 0.25) is 0 Å². The van der Waals surface area contributed by atoms with E-state index in [1.807, 2.05) is 38.4 Å². The van der Waals surface area contributed by atoms with Gasteiger partial charge in [-0.15, -0.1) is 0 Å². The zero-order valence-corrected chi connectivity index (χ0v) is 10.8. The number of allylic oxidation sites excluding steroid dienone is 1. The second-order valence-corrected chi connectivity index (χ2v) is 3.97. The molecule has 0 aliphatic rings. The van der Waals surface area contributed by atoms with Gasteiger partial charge in [-0.05, 0) is 20.2 Å². The molecule has 96 valence electrons. The first-order valence-electron chi connectivity index (χ1n) is 5.65. The van der Waals surface area contributed by atoms with Crippen molar-refractivity contribution in [3.05, 3.63) is 54.6 Å². The van der Waals surface area contributed by atoms with Crippen LogP contribution in [0.4, 0.5) is 0 Å². The van der Waals surface area contributed by atoms with Crippen molar-refractivity contribution in [2.75, 3.05) is 14.1 Å². The van der Waals surface area contributed by atoms with E-state index in [-0.39, 0.29) is 0 Å². The third-order valence-electron chi connectivity index (χ3n) is 2.12. The Kier molecular flexibility index (Phi) is 5.67. The lowest BCUT2D eigenvalue weighted by Gasteiger charge is -2.14. The van der Waals surface area contributed by atoms with E-state index in [0.717, 1.165) is 17.9 Å². The van der Waals surface area contributed by atoms with E-state index in [2.05, 4.69) is 16.5 Å². The van der Waals surface area contributed by atoms with Gasteiger partial charge >= 0.3 is 0 Å². The summed E-state index contributed by atoms with van der Waals surface area (Å²) in [5.74, 6) is 1.10. The zero-order valence-electron chi connectivity index (χ0n) is 10.8. The Morgan fingerprint density at radius 1 is 1.44 bits per heavy atom. The lowest BCUT2D eigenvalue weighted by Crippen LogP contribution is -2.12. The Morgan fingerprint density at radius 3 is 2.78 bits per heavy atom. The number of hydrogen-bond acceptors (Lipinski definition) is 4. The van der Waals surface area contributed by atoms with Crippen molar-refractivity contribution in [1.82, 2.24) is 4.90 Å². The summed E-state index contributed by atoms with van der Waals surface area (Å²) in [7, 11) is 4.01. The molecule has 0 atom stereocenters. The number of para-hydroxylation sites is 1. The summed E-state index contributed by atoms with van der Waals surface area (Å²) in [6.07, 6.45) is 4.43. The molecular formula is C14H19N3O. The maximum atomic E-state index is 5.66. The Balaban J connectivity index is 2.89. The van der Waals surface area contributed by atoms with Crippen LogP contribution in [0, 0.1) is 0 Å². The Labute approximate surface area is 108 Å². The number of ether oxygens (including phenoxy) is 1. The molecular weight excluding hydrogens is 226 g/mol. The van der Waals surface area contributed by atoms with Crippen molar-refractivity contribution in [2.45, 2.75) is 6.54 Å². The molecule has 18 heavy (non-hydrogen) atoms. The van der Waals surface area contributed by atoms with Crippen LogP contribution in [-0.2, 0) is 6.54 Å². The summed E-state index contributed by atoms with van der Waals surface area (Å²) in [5, 5.41) is 0. The fourth-order valence-electron chi connectivity index (χ4n) is 1.42. The van der Waals surface area contributed by atoms with Gasteiger partial charge in [-0.2, -0.15) is 0 Å². The minimum Gasteiger partial charge on any atom is -0.437 e.